The number of carbonyl (C=O) groups excluding carboxylic acids is 1. The van der Waals surface area contributed by atoms with Crippen molar-refractivity contribution in [2.45, 2.75) is 25.8 Å². The number of nitrogens with zero attached hydrogens (tertiary/aromatic N) is 1. The van der Waals surface area contributed by atoms with E-state index in [9.17, 15) is 14.7 Å². The van der Waals surface area contributed by atoms with Crippen molar-refractivity contribution in [2.75, 3.05) is 4.90 Å². The molecule has 1 saturated heterocycles. The van der Waals surface area contributed by atoms with Crippen molar-refractivity contribution in [3.63, 3.8) is 0 Å². The third-order valence-electron chi connectivity index (χ3n) is 3.45. The van der Waals surface area contributed by atoms with Crippen LogP contribution >= 0.6 is 15.9 Å². The van der Waals surface area contributed by atoms with Gasteiger partial charge in [0.25, 0.3) is 0 Å². The van der Waals surface area contributed by atoms with Crippen LogP contribution in [-0.4, -0.2) is 22.5 Å². The molecule has 1 N–H and O–H groups in total. The molecule has 1 aromatic carbocycles. The number of amides is 1. The lowest BCUT2D eigenvalue weighted by Gasteiger charge is -2.34. The number of para-hydroxylation sites is 1. The summed E-state index contributed by atoms with van der Waals surface area (Å²) >= 11 is 3.40. The van der Waals surface area contributed by atoms with Crippen LogP contribution in [0.15, 0.2) is 28.7 Å². The van der Waals surface area contributed by atoms with Gasteiger partial charge in [0.15, 0.2) is 0 Å². The number of carbonyl (C=O) groups is 2. The molecular weight excluding hydrogens is 298 g/mol. The third-order valence-corrected chi connectivity index (χ3v) is 4.12. The van der Waals surface area contributed by atoms with Gasteiger partial charge in [-0.25, -0.2) is 0 Å². The second kappa shape index (κ2) is 4.39. The number of hydrogen-bond acceptors (Lipinski definition) is 2. The van der Waals surface area contributed by atoms with Gasteiger partial charge in [-0.15, -0.1) is 0 Å². The van der Waals surface area contributed by atoms with Crippen LogP contribution in [-0.2, 0) is 9.59 Å². The minimum Gasteiger partial charge on any atom is -0.481 e. The smallest absolute Gasteiger partial charge is 0.309 e. The van der Waals surface area contributed by atoms with E-state index in [0.717, 1.165) is 10.2 Å². The Balaban J connectivity index is 2.49. The van der Waals surface area contributed by atoms with Gasteiger partial charge in [0.2, 0.25) is 5.91 Å². The van der Waals surface area contributed by atoms with Gasteiger partial charge in [0.05, 0.1) is 17.1 Å². The van der Waals surface area contributed by atoms with Crippen LogP contribution in [0.2, 0.25) is 0 Å². The molecule has 1 fully saturated rings. The van der Waals surface area contributed by atoms with Crippen LogP contribution in [0.3, 0.4) is 0 Å². The van der Waals surface area contributed by atoms with E-state index in [2.05, 4.69) is 15.9 Å². The van der Waals surface area contributed by atoms with Gasteiger partial charge < -0.3 is 10.0 Å². The summed E-state index contributed by atoms with van der Waals surface area (Å²) in [7, 11) is 0. The molecule has 1 aromatic rings. The fourth-order valence-electron chi connectivity index (χ4n) is 2.46. The highest BCUT2D eigenvalue weighted by molar-refractivity contribution is 9.10. The first-order chi connectivity index (χ1) is 8.35. The molecule has 0 radical (unpaired) electrons. The van der Waals surface area contributed by atoms with Gasteiger partial charge in [0, 0.05) is 10.9 Å². The van der Waals surface area contributed by atoms with Gasteiger partial charge >= 0.3 is 5.97 Å². The molecule has 1 atom stereocenters. The maximum absolute atomic E-state index is 12.1. The topological polar surface area (TPSA) is 57.6 Å². The number of halogens is 1. The van der Waals surface area contributed by atoms with Crippen LogP contribution < -0.4 is 4.90 Å². The first-order valence-electron chi connectivity index (χ1n) is 5.66. The molecule has 2 rings (SSSR count). The zero-order chi connectivity index (χ0) is 13.5. The van der Waals surface area contributed by atoms with E-state index in [1.807, 2.05) is 24.3 Å². The number of carboxylic acid groups (broad SMARTS) is 1. The van der Waals surface area contributed by atoms with Crippen molar-refractivity contribution in [3.05, 3.63) is 28.7 Å². The molecule has 0 aliphatic carbocycles. The Kier molecular flexibility index (Phi) is 3.19. The first-order valence-corrected chi connectivity index (χ1v) is 6.45. The minimum absolute atomic E-state index is 0.0453. The van der Waals surface area contributed by atoms with E-state index in [1.165, 1.54) is 0 Å². The zero-order valence-corrected chi connectivity index (χ0v) is 11.8. The average molecular weight is 312 g/mol. The minimum atomic E-state index is -0.928. The first kappa shape index (κ1) is 13.1. The molecule has 18 heavy (non-hydrogen) atoms. The average Bonchev–Trinajstić information content (AvgIpc) is 2.51. The molecule has 1 aliphatic rings. The molecule has 96 valence electrons. The van der Waals surface area contributed by atoms with Gasteiger partial charge in [-0.05, 0) is 41.9 Å². The summed E-state index contributed by atoms with van der Waals surface area (Å²) in [5.41, 5.74) is -0.0106. The molecule has 0 spiro atoms. The summed E-state index contributed by atoms with van der Waals surface area (Å²) in [5, 5.41) is 9.21. The Bertz CT molecular complexity index is 513. The lowest BCUT2D eigenvalue weighted by molar-refractivity contribution is -0.143. The molecule has 1 heterocycles. The van der Waals surface area contributed by atoms with Crippen molar-refractivity contribution in [2.24, 2.45) is 5.92 Å². The summed E-state index contributed by atoms with van der Waals surface area (Å²) < 4.78 is 0.789. The standard InChI is InChI=1S/C13H14BrNO3/c1-13(2)8(12(17)18)7-11(16)15(13)10-6-4-3-5-9(10)14/h3-6,8H,7H2,1-2H3,(H,17,18). The van der Waals surface area contributed by atoms with Gasteiger partial charge in [-0.3, -0.25) is 9.59 Å². The Morgan fingerprint density at radius 2 is 2.06 bits per heavy atom. The fourth-order valence-corrected chi connectivity index (χ4v) is 2.92. The van der Waals surface area contributed by atoms with E-state index >= 15 is 0 Å². The predicted octanol–water partition coefficient (Wildman–Crippen LogP) is 2.67. The number of rotatable bonds is 2. The molecule has 0 bridgehead atoms. The van der Waals surface area contributed by atoms with Gasteiger partial charge in [0.1, 0.15) is 0 Å². The molecule has 0 saturated carbocycles. The molecule has 0 aromatic heterocycles. The maximum atomic E-state index is 12.1. The number of hydrogen-bond donors (Lipinski definition) is 1. The van der Waals surface area contributed by atoms with Gasteiger partial charge in [-0.2, -0.15) is 0 Å². The predicted molar refractivity (Wildman–Crippen MR) is 71.4 cm³/mol. The van der Waals surface area contributed by atoms with Crippen molar-refractivity contribution in [1.29, 1.82) is 0 Å². The summed E-state index contributed by atoms with van der Waals surface area (Å²) in [5.74, 6) is -1.76. The third kappa shape index (κ3) is 1.92. The highest BCUT2D eigenvalue weighted by Crippen LogP contribution is 2.41. The summed E-state index contributed by atoms with van der Waals surface area (Å²) in [6.45, 7) is 3.58. The van der Waals surface area contributed by atoms with E-state index in [4.69, 9.17) is 0 Å². The summed E-state index contributed by atoms with van der Waals surface area (Å²) in [6, 6.07) is 7.34. The number of carboxylic acids is 1. The second-order valence-electron chi connectivity index (χ2n) is 4.93. The number of aliphatic carboxylic acids is 1. The fraction of sp³-hybridized carbons (Fsp3) is 0.385. The molecule has 1 aliphatic heterocycles. The monoisotopic (exact) mass is 311 g/mol. The Labute approximate surface area is 114 Å². The van der Waals surface area contributed by atoms with Crippen LogP contribution in [0.5, 0.6) is 0 Å². The summed E-state index contributed by atoms with van der Waals surface area (Å²) in [6.07, 6.45) is 0.0453. The second-order valence-corrected chi connectivity index (χ2v) is 5.78. The van der Waals surface area contributed by atoms with Crippen LogP contribution in [0.25, 0.3) is 0 Å². The highest BCUT2D eigenvalue weighted by Gasteiger charge is 2.50. The largest absolute Gasteiger partial charge is 0.481 e. The lowest BCUT2D eigenvalue weighted by atomic mass is 9.88. The lowest BCUT2D eigenvalue weighted by Crippen LogP contribution is -2.46. The maximum Gasteiger partial charge on any atom is 0.309 e. The number of anilines is 1. The van der Waals surface area contributed by atoms with Crippen molar-refractivity contribution >= 4 is 33.5 Å². The Morgan fingerprint density at radius 3 is 2.56 bits per heavy atom. The molecule has 4 nitrogen and oxygen atoms in total. The van der Waals surface area contributed by atoms with Gasteiger partial charge in [-0.1, -0.05) is 12.1 Å². The summed E-state index contributed by atoms with van der Waals surface area (Å²) in [4.78, 5) is 24.9. The Morgan fingerprint density at radius 1 is 1.44 bits per heavy atom. The van der Waals surface area contributed by atoms with Crippen LogP contribution in [0.1, 0.15) is 20.3 Å². The van der Waals surface area contributed by atoms with Crippen LogP contribution in [0.4, 0.5) is 5.69 Å². The SMILES string of the molecule is CC1(C)C(C(=O)O)CC(=O)N1c1ccccc1Br. The van der Waals surface area contributed by atoms with E-state index in [0.29, 0.717) is 0 Å². The van der Waals surface area contributed by atoms with Crippen molar-refractivity contribution in [3.8, 4) is 0 Å². The zero-order valence-electron chi connectivity index (χ0n) is 10.2. The Hall–Kier alpha value is -1.36. The van der Waals surface area contributed by atoms with E-state index in [-0.39, 0.29) is 12.3 Å². The molecule has 1 unspecified atom stereocenters. The highest BCUT2D eigenvalue weighted by atomic mass is 79.9. The normalized spacial score (nSPS) is 22.3. The number of benzene rings is 1. The van der Waals surface area contributed by atoms with E-state index < -0.39 is 17.4 Å². The molecule has 1 amide bonds. The van der Waals surface area contributed by atoms with Crippen molar-refractivity contribution < 1.29 is 14.7 Å². The molecular formula is C13H14BrNO3. The quantitative estimate of drug-likeness (QED) is 0.913. The van der Waals surface area contributed by atoms with Crippen LogP contribution in [0, 0.1) is 5.92 Å². The molecule has 5 heteroatoms. The van der Waals surface area contributed by atoms with E-state index in [1.54, 1.807) is 18.7 Å². The van der Waals surface area contributed by atoms with Crippen molar-refractivity contribution in [1.82, 2.24) is 0 Å².